The van der Waals surface area contributed by atoms with Crippen molar-refractivity contribution in [2.45, 2.75) is 117 Å². The smallest absolute Gasteiger partial charge is 0.250 e. The van der Waals surface area contributed by atoms with Crippen LogP contribution in [0.3, 0.4) is 0 Å². The van der Waals surface area contributed by atoms with Gasteiger partial charge in [-0.2, -0.15) is 0 Å². The standard InChI is InChI=1S/C35H60O6Si3/c1-33(2,3)42(13,14)39-29-24-25(23-28(37-11)31(29)38-12)19-20-26-21-22-27(36-10)32(41-44(17,18)35(7,8)9)30(26)40-43(15,16)34(4,5)6/h19-24H,1-18H3/b20-19-. The van der Waals surface area contributed by atoms with Crippen LogP contribution < -0.4 is 27.5 Å². The van der Waals surface area contributed by atoms with Crippen molar-refractivity contribution >= 4 is 37.1 Å². The molecule has 0 bridgehead atoms. The lowest BCUT2D eigenvalue weighted by atomic mass is 10.1. The Kier molecular flexibility index (Phi) is 11.3. The van der Waals surface area contributed by atoms with Crippen molar-refractivity contribution in [3.8, 4) is 34.5 Å². The van der Waals surface area contributed by atoms with Crippen LogP contribution in [-0.2, 0) is 0 Å². The van der Waals surface area contributed by atoms with Gasteiger partial charge in [-0.1, -0.05) is 74.5 Å². The van der Waals surface area contributed by atoms with Gasteiger partial charge >= 0.3 is 0 Å². The minimum Gasteiger partial charge on any atom is -0.541 e. The van der Waals surface area contributed by atoms with Gasteiger partial charge in [-0.05, 0) is 84.2 Å². The molecule has 0 heterocycles. The lowest BCUT2D eigenvalue weighted by Crippen LogP contribution is -2.46. The fraction of sp³-hybridized carbons (Fsp3) is 0.600. The summed E-state index contributed by atoms with van der Waals surface area (Å²) in [5.74, 6) is 4.00. The highest BCUT2D eigenvalue weighted by molar-refractivity contribution is 6.76. The Morgan fingerprint density at radius 1 is 0.477 bits per heavy atom. The first-order valence-corrected chi connectivity index (χ1v) is 24.3. The average Bonchev–Trinajstić information content (AvgIpc) is 2.85. The van der Waals surface area contributed by atoms with Gasteiger partial charge in [-0.25, -0.2) is 0 Å². The molecule has 0 saturated heterocycles. The molecule has 0 radical (unpaired) electrons. The highest BCUT2D eigenvalue weighted by Crippen LogP contribution is 2.50. The number of ether oxygens (including phenoxy) is 3. The summed E-state index contributed by atoms with van der Waals surface area (Å²) in [7, 11) is -1.66. The molecule has 0 aliphatic rings. The molecule has 0 aliphatic carbocycles. The summed E-state index contributed by atoms with van der Waals surface area (Å²) in [4.78, 5) is 0. The van der Waals surface area contributed by atoms with E-state index in [1.54, 1.807) is 21.3 Å². The summed E-state index contributed by atoms with van der Waals surface area (Å²) in [6.07, 6.45) is 4.15. The highest BCUT2D eigenvalue weighted by Gasteiger charge is 2.43. The predicted molar refractivity (Wildman–Crippen MR) is 195 cm³/mol. The first-order valence-electron chi connectivity index (χ1n) is 15.5. The monoisotopic (exact) mass is 660 g/mol. The second kappa shape index (κ2) is 13.2. The second-order valence-electron chi connectivity index (χ2n) is 16.2. The zero-order valence-corrected chi connectivity index (χ0v) is 33.9. The fourth-order valence-electron chi connectivity index (χ4n) is 3.61. The highest BCUT2D eigenvalue weighted by atomic mass is 28.4. The molecule has 0 aliphatic heterocycles. The first kappa shape index (κ1) is 37.8. The molecule has 0 spiro atoms. The molecule has 44 heavy (non-hydrogen) atoms. The van der Waals surface area contributed by atoms with E-state index in [9.17, 15) is 0 Å². The van der Waals surface area contributed by atoms with E-state index in [0.717, 1.165) is 16.9 Å². The number of hydrogen-bond acceptors (Lipinski definition) is 6. The van der Waals surface area contributed by atoms with Gasteiger partial charge in [0, 0.05) is 5.56 Å². The van der Waals surface area contributed by atoms with Crippen LogP contribution >= 0.6 is 0 Å². The van der Waals surface area contributed by atoms with Gasteiger partial charge < -0.3 is 27.5 Å². The Morgan fingerprint density at radius 2 is 0.909 bits per heavy atom. The van der Waals surface area contributed by atoms with E-state index in [0.29, 0.717) is 28.7 Å². The zero-order valence-electron chi connectivity index (χ0n) is 30.9. The summed E-state index contributed by atoms with van der Waals surface area (Å²) in [5.41, 5.74) is 1.85. The lowest BCUT2D eigenvalue weighted by Gasteiger charge is -2.40. The van der Waals surface area contributed by atoms with E-state index in [-0.39, 0.29) is 15.1 Å². The van der Waals surface area contributed by atoms with E-state index in [2.05, 4.69) is 114 Å². The van der Waals surface area contributed by atoms with Crippen LogP contribution in [0.2, 0.25) is 54.4 Å². The van der Waals surface area contributed by atoms with Gasteiger partial charge in [-0.3, -0.25) is 0 Å². The van der Waals surface area contributed by atoms with Crippen molar-refractivity contribution in [3.63, 3.8) is 0 Å². The van der Waals surface area contributed by atoms with Crippen molar-refractivity contribution in [3.05, 3.63) is 35.4 Å². The van der Waals surface area contributed by atoms with Crippen LogP contribution in [0.5, 0.6) is 34.5 Å². The summed E-state index contributed by atoms with van der Waals surface area (Å²) in [5, 5.41) is 0.0135. The molecule has 0 unspecified atom stereocenters. The number of benzene rings is 2. The SMILES string of the molecule is COc1cc(/C=C\c2ccc(OC)c(O[Si](C)(C)C(C)(C)C)c2O[Si](C)(C)C(C)(C)C)cc(O[Si](C)(C)C(C)(C)C)c1OC. The maximum absolute atomic E-state index is 7.07. The van der Waals surface area contributed by atoms with Gasteiger partial charge in [0.2, 0.25) is 5.75 Å². The van der Waals surface area contributed by atoms with Crippen molar-refractivity contribution in [2.24, 2.45) is 0 Å². The Labute approximate surface area is 271 Å². The van der Waals surface area contributed by atoms with Crippen LogP contribution in [0.15, 0.2) is 24.3 Å². The van der Waals surface area contributed by atoms with Crippen molar-refractivity contribution in [2.75, 3.05) is 21.3 Å². The Bertz CT molecular complexity index is 1330. The summed E-state index contributed by atoms with van der Waals surface area (Å²) >= 11 is 0. The maximum atomic E-state index is 7.07. The third kappa shape index (κ3) is 8.46. The number of rotatable bonds is 11. The number of methoxy groups -OCH3 is 3. The van der Waals surface area contributed by atoms with Crippen LogP contribution in [0.1, 0.15) is 73.4 Å². The Morgan fingerprint density at radius 3 is 1.34 bits per heavy atom. The minimum atomic E-state index is -2.26. The van der Waals surface area contributed by atoms with Gasteiger partial charge in [-0.15, -0.1) is 0 Å². The van der Waals surface area contributed by atoms with E-state index in [1.807, 2.05) is 24.3 Å². The van der Waals surface area contributed by atoms with Crippen molar-refractivity contribution in [1.82, 2.24) is 0 Å². The number of hydrogen-bond donors (Lipinski definition) is 0. The van der Waals surface area contributed by atoms with E-state index in [1.165, 1.54) is 0 Å². The van der Waals surface area contributed by atoms with Crippen LogP contribution in [0, 0.1) is 0 Å². The third-order valence-electron chi connectivity index (χ3n) is 9.75. The molecule has 0 N–H and O–H groups in total. The molecule has 248 valence electrons. The summed E-state index contributed by atoms with van der Waals surface area (Å²) in [6, 6.07) is 8.02. The molecule has 0 fully saturated rings. The average molecular weight is 661 g/mol. The largest absolute Gasteiger partial charge is 0.541 e. The van der Waals surface area contributed by atoms with Crippen molar-refractivity contribution < 1.29 is 27.5 Å². The summed E-state index contributed by atoms with van der Waals surface area (Å²) < 4.78 is 38.2. The van der Waals surface area contributed by atoms with E-state index in [4.69, 9.17) is 27.5 Å². The van der Waals surface area contributed by atoms with E-state index >= 15 is 0 Å². The molecule has 6 nitrogen and oxygen atoms in total. The van der Waals surface area contributed by atoms with Crippen LogP contribution in [0.25, 0.3) is 12.2 Å². The minimum absolute atomic E-state index is 0.00169. The van der Waals surface area contributed by atoms with Crippen LogP contribution in [-0.4, -0.2) is 46.3 Å². The lowest BCUT2D eigenvalue weighted by molar-refractivity contribution is 0.340. The van der Waals surface area contributed by atoms with E-state index < -0.39 is 25.0 Å². The molecule has 0 atom stereocenters. The van der Waals surface area contributed by atoms with Crippen LogP contribution in [0.4, 0.5) is 0 Å². The van der Waals surface area contributed by atoms with Gasteiger partial charge in [0.25, 0.3) is 25.0 Å². The quantitative estimate of drug-likeness (QED) is 0.177. The zero-order chi connectivity index (χ0) is 34.1. The molecule has 2 rings (SSSR count). The molecule has 9 heteroatoms. The predicted octanol–water partition coefficient (Wildman–Crippen LogP) is 11.0. The molecule has 2 aromatic rings. The fourth-order valence-corrected chi connectivity index (χ4v) is 6.65. The molecule has 0 amide bonds. The second-order valence-corrected chi connectivity index (χ2v) is 30.4. The summed E-state index contributed by atoms with van der Waals surface area (Å²) in [6.45, 7) is 33.6. The van der Waals surface area contributed by atoms with Gasteiger partial charge in [0.15, 0.2) is 28.7 Å². The molecule has 0 aromatic heterocycles. The maximum Gasteiger partial charge on any atom is 0.250 e. The van der Waals surface area contributed by atoms with Gasteiger partial charge in [0.05, 0.1) is 21.3 Å². The molecular weight excluding hydrogens is 601 g/mol. The molecule has 0 saturated carbocycles. The first-order chi connectivity index (χ1) is 19.8. The Hall–Kier alpha value is -2.37. The van der Waals surface area contributed by atoms with Gasteiger partial charge in [0.1, 0.15) is 0 Å². The molecular formula is C35H60O6Si3. The van der Waals surface area contributed by atoms with Crippen molar-refractivity contribution in [1.29, 1.82) is 0 Å². The third-order valence-corrected chi connectivity index (χ3v) is 22.7. The Balaban J connectivity index is 2.82. The topological polar surface area (TPSA) is 55.4 Å². The molecule has 2 aromatic carbocycles. The normalized spacial score (nSPS) is 13.6.